The predicted octanol–water partition coefficient (Wildman–Crippen LogP) is 3.43. The number of nitrogens with zero attached hydrogens (tertiary/aromatic N) is 2. The van der Waals surface area contributed by atoms with Gasteiger partial charge in [-0.25, -0.2) is 4.79 Å². The molecule has 160 valence electrons. The van der Waals surface area contributed by atoms with E-state index in [1.54, 1.807) is 4.90 Å². The molecule has 2 N–H and O–H groups in total. The highest BCUT2D eigenvalue weighted by Gasteiger charge is 2.32. The Morgan fingerprint density at radius 1 is 0.900 bits per heavy atom. The fraction of sp³-hybridized carbons (Fsp3) is 0.417. The maximum atomic E-state index is 13.0. The van der Waals surface area contributed by atoms with Crippen molar-refractivity contribution in [1.82, 2.24) is 9.80 Å². The lowest BCUT2D eigenvalue weighted by Crippen LogP contribution is -2.53. The molecule has 2 aromatic rings. The first kappa shape index (κ1) is 21.8. The first-order chi connectivity index (χ1) is 14.5. The molecule has 3 rings (SSSR count). The van der Waals surface area contributed by atoms with Crippen LogP contribution >= 0.6 is 0 Å². The van der Waals surface area contributed by atoms with Gasteiger partial charge in [0.25, 0.3) is 5.91 Å². The molecule has 6 heteroatoms. The highest BCUT2D eigenvalue weighted by Crippen LogP contribution is 2.29. The van der Waals surface area contributed by atoms with E-state index >= 15 is 0 Å². The monoisotopic (exact) mass is 409 g/mol. The Morgan fingerprint density at radius 2 is 1.40 bits per heavy atom. The summed E-state index contributed by atoms with van der Waals surface area (Å²) in [6.45, 7) is 6.65. The largest absolute Gasteiger partial charge is 0.436 e. The molecule has 1 atom stereocenters. The lowest BCUT2D eigenvalue weighted by Gasteiger charge is -2.40. The van der Waals surface area contributed by atoms with Gasteiger partial charge in [0.1, 0.15) is 0 Å². The second kappa shape index (κ2) is 10.3. The molecular formula is C24H31N3O3. The summed E-state index contributed by atoms with van der Waals surface area (Å²) in [6.07, 6.45) is -1.24. The molecule has 2 amide bonds. The minimum Gasteiger partial charge on any atom is -0.436 e. The molecule has 1 saturated heterocycles. The number of carbonyl (C=O) groups is 2. The Balaban J connectivity index is 1.72. The van der Waals surface area contributed by atoms with Gasteiger partial charge in [0.15, 0.2) is 6.10 Å². The molecule has 0 bridgehead atoms. The van der Waals surface area contributed by atoms with E-state index in [4.69, 9.17) is 10.5 Å². The van der Waals surface area contributed by atoms with Crippen molar-refractivity contribution in [3.05, 3.63) is 71.8 Å². The predicted molar refractivity (Wildman–Crippen MR) is 117 cm³/mol. The van der Waals surface area contributed by atoms with E-state index in [2.05, 4.69) is 53.4 Å². The molecule has 30 heavy (non-hydrogen) atoms. The molecule has 0 radical (unpaired) electrons. The lowest BCUT2D eigenvalue weighted by atomic mass is 9.96. The molecule has 0 spiro atoms. The highest BCUT2D eigenvalue weighted by molar-refractivity contribution is 5.83. The third-order valence-electron chi connectivity index (χ3n) is 5.44. The zero-order valence-electron chi connectivity index (χ0n) is 17.7. The van der Waals surface area contributed by atoms with Crippen molar-refractivity contribution in [2.45, 2.75) is 32.4 Å². The number of hydrogen-bond donors (Lipinski definition) is 1. The van der Waals surface area contributed by atoms with Crippen LogP contribution in [0.15, 0.2) is 60.7 Å². The fourth-order valence-electron chi connectivity index (χ4n) is 4.06. The Labute approximate surface area is 178 Å². The molecule has 6 nitrogen and oxygen atoms in total. The van der Waals surface area contributed by atoms with Gasteiger partial charge in [0.05, 0.1) is 6.04 Å². The van der Waals surface area contributed by atoms with Crippen LogP contribution in [0.5, 0.6) is 0 Å². The minimum absolute atomic E-state index is 0.137. The summed E-state index contributed by atoms with van der Waals surface area (Å²) >= 11 is 0. The molecule has 2 aromatic carbocycles. The van der Waals surface area contributed by atoms with Crippen LogP contribution < -0.4 is 5.73 Å². The number of rotatable bonds is 7. The SMILES string of the molecule is CC(C)C[C@H](OC(N)=O)C(=O)N1CCN(C(c2ccccc2)c2ccccc2)CC1. The molecule has 0 unspecified atom stereocenters. The summed E-state index contributed by atoms with van der Waals surface area (Å²) in [5.74, 6) is 0.0678. The Kier molecular flexibility index (Phi) is 7.46. The number of primary amides is 1. The second-order valence-corrected chi connectivity index (χ2v) is 8.14. The smallest absolute Gasteiger partial charge is 0.405 e. The van der Waals surface area contributed by atoms with Crippen LogP contribution in [0.3, 0.4) is 0 Å². The molecule has 0 aromatic heterocycles. The lowest BCUT2D eigenvalue weighted by molar-refractivity contribution is -0.143. The van der Waals surface area contributed by atoms with E-state index < -0.39 is 12.2 Å². The number of benzene rings is 2. The van der Waals surface area contributed by atoms with Gasteiger partial charge in [-0.15, -0.1) is 0 Å². The van der Waals surface area contributed by atoms with Crippen molar-refractivity contribution in [3.8, 4) is 0 Å². The second-order valence-electron chi connectivity index (χ2n) is 8.14. The topological polar surface area (TPSA) is 75.9 Å². The third-order valence-corrected chi connectivity index (χ3v) is 5.44. The van der Waals surface area contributed by atoms with E-state index in [0.717, 1.165) is 13.1 Å². The average Bonchev–Trinajstić information content (AvgIpc) is 2.74. The molecule has 1 fully saturated rings. The van der Waals surface area contributed by atoms with Crippen molar-refractivity contribution in [2.75, 3.05) is 26.2 Å². The summed E-state index contributed by atoms with van der Waals surface area (Å²) in [7, 11) is 0. The normalized spacial score (nSPS) is 15.9. The summed E-state index contributed by atoms with van der Waals surface area (Å²) < 4.78 is 5.12. The Morgan fingerprint density at radius 3 is 1.83 bits per heavy atom. The van der Waals surface area contributed by atoms with Crippen LogP contribution in [0.4, 0.5) is 4.79 Å². The number of ether oxygens (including phenoxy) is 1. The first-order valence-corrected chi connectivity index (χ1v) is 10.5. The molecule has 1 aliphatic rings. The Bertz CT molecular complexity index is 779. The van der Waals surface area contributed by atoms with Crippen molar-refractivity contribution in [2.24, 2.45) is 11.7 Å². The molecule has 0 saturated carbocycles. The maximum Gasteiger partial charge on any atom is 0.405 e. The third kappa shape index (κ3) is 5.60. The van der Waals surface area contributed by atoms with Crippen molar-refractivity contribution in [3.63, 3.8) is 0 Å². The number of carbonyl (C=O) groups excluding carboxylic acids is 2. The number of hydrogen-bond acceptors (Lipinski definition) is 4. The van der Waals surface area contributed by atoms with Crippen LogP contribution in [0.25, 0.3) is 0 Å². The van der Waals surface area contributed by atoms with Crippen LogP contribution in [0.1, 0.15) is 37.4 Å². The van der Waals surface area contributed by atoms with Gasteiger partial charge in [-0.1, -0.05) is 74.5 Å². The maximum absolute atomic E-state index is 13.0. The van der Waals surface area contributed by atoms with Crippen molar-refractivity contribution >= 4 is 12.0 Å². The average molecular weight is 410 g/mol. The van der Waals surface area contributed by atoms with Crippen LogP contribution in [0, 0.1) is 5.92 Å². The van der Waals surface area contributed by atoms with Gasteiger partial charge in [0, 0.05) is 26.2 Å². The standard InChI is InChI=1S/C24H31N3O3/c1-18(2)17-21(30-24(25)29)23(28)27-15-13-26(14-16-27)22(19-9-5-3-6-10-19)20-11-7-4-8-12-20/h3-12,18,21-22H,13-17H2,1-2H3,(H2,25,29)/t21-/m0/s1. The van der Waals surface area contributed by atoms with Gasteiger partial charge in [-0.2, -0.15) is 0 Å². The molecule has 1 aliphatic heterocycles. The minimum atomic E-state index is -0.902. The van der Waals surface area contributed by atoms with Gasteiger partial charge >= 0.3 is 6.09 Å². The molecule has 0 aliphatic carbocycles. The van der Waals surface area contributed by atoms with E-state index in [1.165, 1.54) is 11.1 Å². The van der Waals surface area contributed by atoms with Crippen LogP contribution in [-0.2, 0) is 9.53 Å². The number of piperazine rings is 1. The van der Waals surface area contributed by atoms with E-state index in [9.17, 15) is 9.59 Å². The zero-order chi connectivity index (χ0) is 21.5. The van der Waals surface area contributed by atoms with E-state index in [1.807, 2.05) is 26.0 Å². The van der Waals surface area contributed by atoms with Crippen molar-refractivity contribution < 1.29 is 14.3 Å². The summed E-state index contributed by atoms with van der Waals surface area (Å²) in [5, 5.41) is 0. The first-order valence-electron chi connectivity index (χ1n) is 10.5. The summed E-state index contributed by atoms with van der Waals surface area (Å²) in [5.41, 5.74) is 7.66. The molecule has 1 heterocycles. The fourth-order valence-corrected chi connectivity index (χ4v) is 4.06. The zero-order valence-corrected chi connectivity index (χ0v) is 17.7. The van der Waals surface area contributed by atoms with Gasteiger partial charge in [0.2, 0.25) is 0 Å². The van der Waals surface area contributed by atoms with E-state index in [0.29, 0.717) is 19.5 Å². The quantitative estimate of drug-likeness (QED) is 0.760. The van der Waals surface area contributed by atoms with E-state index in [-0.39, 0.29) is 17.9 Å². The van der Waals surface area contributed by atoms with Crippen LogP contribution in [-0.4, -0.2) is 54.1 Å². The number of amides is 2. The van der Waals surface area contributed by atoms with Crippen molar-refractivity contribution in [1.29, 1.82) is 0 Å². The van der Waals surface area contributed by atoms with Gasteiger partial charge in [-0.05, 0) is 23.5 Å². The number of nitrogens with two attached hydrogens (primary N) is 1. The van der Waals surface area contributed by atoms with Crippen LogP contribution in [0.2, 0.25) is 0 Å². The van der Waals surface area contributed by atoms with Gasteiger partial charge in [-0.3, -0.25) is 9.69 Å². The summed E-state index contributed by atoms with van der Waals surface area (Å²) in [4.78, 5) is 28.4. The van der Waals surface area contributed by atoms with Gasteiger partial charge < -0.3 is 15.4 Å². The summed E-state index contributed by atoms with van der Waals surface area (Å²) in [6, 6.07) is 21.0. The highest BCUT2D eigenvalue weighted by atomic mass is 16.6. The molecular weight excluding hydrogens is 378 g/mol. The Hall–Kier alpha value is -2.86.